The van der Waals surface area contributed by atoms with E-state index in [1.807, 2.05) is 94.5 Å². The lowest BCUT2D eigenvalue weighted by Crippen LogP contribution is -2.40. The van der Waals surface area contributed by atoms with Gasteiger partial charge in [0.2, 0.25) is 5.91 Å². The Morgan fingerprint density at radius 3 is 2.26 bits per heavy atom. The van der Waals surface area contributed by atoms with Gasteiger partial charge in [0.1, 0.15) is 0 Å². The zero-order valence-corrected chi connectivity index (χ0v) is 23.1. The highest BCUT2D eigenvalue weighted by Crippen LogP contribution is 2.38. The molecule has 0 aliphatic carbocycles. The molecule has 1 aromatic heterocycles. The second kappa shape index (κ2) is 12.5. The van der Waals surface area contributed by atoms with E-state index in [0.717, 1.165) is 16.6 Å². The molecule has 39 heavy (non-hydrogen) atoms. The maximum atomic E-state index is 12.3. The van der Waals surface area contributed by atoms with Crippen molar-refractivity contribution in [1.29, 1.82) is 0 Å². The molecule has 1 heterocycles. The molecule has 0 aliphatic heterocycles. The predicted octanol–water partition coefficient (Wildman–Crippen LogP) is 5.80. The molecule has 0 spiro atoms. The van der Waals surface area contributed by atoms with E-state index in [4.69, 9.17) is 14.5 Å². The zero-order valence-electron chi connectivity index (χ0n) is 23.1. The Kier molecular flexibility index (Phi) is 8.88. The van der Waals surface area contributed by atoms with Crippen LogP contribution in [0.5, 0.6) is 17.4 Å². The van der Waals surface area contributed by atoms with Gasteiger partial charge in [-0.15, -0.1) is 0 Å². The number of carbonyl (C=O) groups excluding carboxylic acids is 1. The van der Waals surface area contributed by atoms with Crippen molar-refractivity contribution in [1.82, 2.24) is 10.3 Å². The Balaban J connectivity index is 1.83. The molecular formula is C31H36N4O4. The number of ether oxygens (including phenoxy) is 2. The Labute approximate surface area is 229 Å². The predicted molar refractivity (Wildman–Crippen MR) is 157 cm³/mol. The summed E-state index contributed by atoms with van der Waals surface area (Å²) in [7, 11) is 1.88. The van der Waals surface area contributed by atoms with E-state index in [-0.39, 0.29) is 17.8 Å². The summed E-state index contributed by atoms with van der Waals surface area (Å²) in [4.78, 5) is 22.1. The molecular weight excluding hydrogens is 492 g/mol. The van der Waals surface area contributed by atoms with Crippen LogP contribution in [0.2, 0.25) is 0 Å². The van der Waals surface area contributed by atoms with Gasteiger partial charge in [0.25, 0.3) is 0 Å². The second-order valence-electron chi connectivity index (χ2n) is 9.22. The Bertz CT molecular complexity index is 1450. The summed E-state index contributed by atoms with van der Waals surface area (Å²) in [5, 5.41) is 15.0. The number of carbonyl (C=O) groups is 1. The number of likely N-dealkylation sites (N-methyl/N-ethyl adjacent to an activating group) is 1. The smallest absolute Gasteiger partial charge is 0.223 e. The van der Waals surface area contributed by atoms with Crippen molar-refractivity contribution in [3.8, 4) is 17.4 Å². The van der Waals surface area contributed by atoms with Gasteiger partial charge in [-0.05, 0) is 58.2 Å². The molecule has 0 fully saturated rings. The van der Waals surface area contributed by atoms with Crippen molar-refractivity contribution in [3.05, 3.63) is 77.9 Å². The van der Waals surface area contributed by atoms with Crippen LogP contribution < -0.4 is 19.7 Å². The number of benzene rings is 3. The van der Waals surface area contributed by atoms with Crippen LogP contribution >= 0.6 is 0 Å². The number of aliphatic imine (C=N–C) groups is 1. The van der Waals surface area contributed by atoms with Crippen LogP contribution in [0, 0.1) is 0 Å². The number of aromatic nitrogens is 1. The number of aromatic amines is 1. The fraction of sp³-hybridized carbons (Fsp3) is 0.290. The molecule has 204 valence electrons. The van der Waals surface area contributed by atoms with Gasteiger partial charge in [0.15, 0.2) is 17.4 Å². The molecule has 0 bridgehead atoms. The van der Waals surface area contributed by atoms with Crippen molar-refractivity contribution in [2.24, 2.45) is 4.99 Å². The maximum Gasteiger partial charge on any atom is 0.223 e. The minimum atomic E-state index is -0.0291. The number of nitrogens with zero attached hydrogens (tertiary/aromatic N) is 2. The van der Waals surface area contributed by atoms with E-state index in [1.54, 1.807) is 11.8 Å². The van der Waals surface area contributed by atoms with E-state index in [0.29, 0.717) is 53.7 Å². The number of H-pyrrole nitrogens is 1. The summed E-state index contributed by atoms with van der Waals surface area (Å²) in [5.41, 5.74) is 4.21. The largest absolute Gasteiger partial charge is 0.494 e. The van der Waals surface area contributed by atoms with E-state index in [9.17, 15) is 9.90 Å². The number of amides is 1. The summed E-state index contributed by atoms with van der Waals surface area (Å²) in [6.45, 7) is 8.96. The lowest BCUT2D eigenvalue weighted by atomic mass is 10.0. The summed E-state index contributed by atoms with van der Waals surface area (Å²) in [6, 6.07) is 21.1. The Morgan fingerprint density at radius 2 is 1.67 bits per heavy atom. The van der Waals surface area contributed by atoms with Gasteiger partial charge >= 0.3 is 0 Å². The molecule has 3 aromatic carbocycles. The molecule has 1 unspecified atom stereocenters. The Hall–Kier alpha value is -4.30. The molecule has 8 nitrogen and oxygen atoms in total. The van der Waals surface area contributed by atoms with Crippen molar-refractivity contribution in [2.75, 3.05) is 31.7 Å². The van der Waals surface area contributed by atoms with Crippen molar-refractivity contribution < 1.29 is 19.4 Å². The first-order valence-electron chi connectivity index (χ1n) is 13.2. The van der Waals surface area contributed by atoms with Gasteiger partial charge in [-0.3, -0.25) is 4.79 Å². The first-order valence-corrected chi connectivity index (χ1v) is 13.2. The van der Waals surface area contributed by atoms with Crippen LogP contribution in [0.1, 0.15) is 38.8 Å². The van der Waals surface area contributed by atoms with Gasteiger partial charge in [-0.25, -0.2) is 4.99 Å². The molecule has 0 aliphatic rings. The molecule has 1 amide bonds. The number of aromatic hydroxyl groups is 1. The summed E-state index contributed by atoms with van der Waals surface area (Å²) in [6.07, 6.45) is 0. The third kappa shape index (κ3) is 6.23. The quantitative estimate of drug-likeness (QED) is 0.214. The highest BCUT2D eigenvalue weighted by molar-refractivity contribution is 6.22. The SMILES string of the molecule is CCOc1cc2[nH]c(O)c(C(=Nc3ccc(N(CC(C)NC)C(C)=O)cc3)c3ccccc3)c2cc1OCC. The molecule has 1 atom stereocenters. The highest BCUT2D eigenvalue weighted by atomic mass is 16.5. The van der Waals surface area contributed by atoms with E-state index < -0.39 is 0 Å². The molecule has 3 N–H and O–H groups in total. The van der Waals surface area contributed by atoms with Crippen molar-refractivity contribution in [2.45, 2.75) is 33.7 Å². The molecule has 0 radical (unpaired) electrons. The van der Waals surface area contributed by atoms with E-state index in [2.05, 4.69) is 10.3 Å². The highest BCUT2D eigenvalue weighted by Gasteiger charge is 2.21. The number of rotatable bonds is 11. The Morgan fingerprint density at radius 1 is 1.03 bits per heavy atom. The number of nitrogens with one attached hydrogen (secondary N) is 2. The van der Waals surface area contributed by atoms with Gasteiger partial charge in [-0.2, -0.15) is 0 Å². The molecule has 8 heteroatoms. The van der Waals surface area contributed by atoms with Gasteiger partial charge < -0.3 is 29.8 Å². The van der Waals surface area contributed by atoms with E-state index in [1.165, 1.54) is 0 Å². The fourth-order valence-electron chi connectivity index (χ4n) is 4.44. The third-order valence-electron chi connectivity index (χ3n) is 6.46. The van der Waals surface area contributed by atoms with E-state index >= 15 is 0 Å². The lowest BCUT2D eigenvalue weighted by molar-refractivity contribution is -0.116. The van der Waals surface area contributed by atoms with Crippen molar-refractivity contribution >= 4 is 33.9 Å². The minimum absolute atomic E-state index is 0.00382. The lowest BCUT2D eigenvalue weighted by Gasteiger charge is -2.24. The van der Waals surface area contributed by atoms with Crippen LogP contribution in [-0.4, -0.2) is 54.6 Å². The number of hydrogen-bond acceptors (Lipinski definition) is 6. The topological polar surface area (TPSA) is 99.2 Å². The number of fused-ring (bicyclic) bond motifs is 1. The fourth-order valence-corrected chi connectivity index (χ4v) is 4.44. The normalized spacial score (nSPS) is 12.4. The van der Waals surface area contributed by atoms with Crippen molar-refractivity contribution in [3.63, 3.8) is 0 Å². The van der Waals surface area contributed by atoms with Gasteiger partial charge in [0, 0.05) is 42.2 Å². The van der Waals surface area contributed by atoms with Crippen LogP contribution in [0.3, 0.4) is 0 Å². The van der Waals surface area contributed by atoms with Crippen LogP contribution in [0.25, 0.3) is 10.9 Å². The first-order chi connectivity index (χ1) is 18.9. The van der Waals surface area contributed by atoms with Crippen LogP contribution in [0.15, 0.2) is 71.7 Å². The summed E-state index contributed by atoms with van der Waals surface area (Å²) >= 11 is 0. The minimum Gasteiger partial charge on any atom is -0.494 e. The second-order valence-corrected chi connectivity index (χ2v) is 9.22. The third-order valence-corrected chi connectivity index (χ3v) is 6.46. The monoisotopic (exact) mass is 528 g/mol. The first kappa shape index (κ1) is 27.7. The molecule has 0 saturated carbocycles. The average molecular weight is 529 g/mol. The summed E-state index contributed by atoms with van der Waals surface area (Å²) in [5.74, 6) is 1.18. The molecule has 4 rings (SSSR count). The maximum absolute atomic E-state index is 12.3. The molecule has 0 saturated heterocycles. The van der Waals surface area contributed by atoms with Gasteiger partial charge in [0.05, 0.1) is 35.7 Å². The average Bonchev–Trinajstić information content (AvgIpc) is 3.25. The summed E-state index contributed by atoms with van der Waals surface area (Å²) < 4.78 is 11.6. The molecule has 4 aromatic rings. The zero-order chi connectivity index (χ0) is 27.9. The van der Waals surface area contributed by atoms with Gasteiger partial charge in [-0.1, -0.05) is 30.3 Å². The number of hydrogen-bond donors (Lipinski definition) is 3. The van der Waals surface area contributed by atoms with Crippen LogP contribution in [0.4, 0.5) is 11.4 Å². The number of anilines is 1. The standard InChI is InChI=1S/C31H36N4O4/c1-6-38-27-17-25-26(18-28(27)39-7-2)34-31(37)29(25)30(22-11-9-8-10-12-22)33-23-13-15-24(16-14-23)35(21(4)36)19-20(3)32-5/h8-18,20,32,34,37H,6-7,19H2,1-5H3. The van der Waals surface area contributed by atoms with Crippen LogP contribution in [-0.2, 0) is 4.79 Å².